The minimum atomic E-state index is -0.703. The second-order valence-electron chi connectivity index (χ2n) is 6.67. The molecule has 0 saturated heterocycles. The molecule has 28 heavy (non-hydrogen) atoms. The predicted molar refractivity (Wildman–Crippen MR) is 111 cm³/mol. The van der Waals surface area contributed by atoms with Crippen LogP contribution >= 0.6 is 11.3 Å². The lowest BCUT2D eigenvalue weighted by atomic mass is 10.1. The largest absolute Gasteiger partial charge is 0.481 e. The molecule has 0 atom stereocenters. The van der Waals surface area contributed by atoms with E-state index >= 15 is 0 Å². The number of fused-ring (bicyclic) bond motifs is 1. The molecule has 0 aliphatic carbocycles. The highest BCUT2D eigenvalue weighted by atomic mass is 32.1. The number of hydrogen-bond donors (Lipinski definition) is 2. The second kappa shape index (κ2) is 12.3. The maximum Gasteiger partial charge on any atom is 0.339 e. The van der Waals surface area contributed by atoms with Gasteiger partial charge in [0.1, 0.15) is 17.0 Å². The van der Waals surface area contributed by atoms with Crippen LogP contribution in [0.15, 0.2) is 11.7 Å². The first-order valence-electron chi connectivity index (χ1n) is 9.98. The maximum atomic E-state index is 12.1. The Morgan fingerprint density at radius 1 is 1.07 bits per heavy atom. The van der Waals surface area contributed by atoms with E-state index in [0.29, 0.717) is 18.0 Å². The monoisotopic (exact) mass is 407 g/mol. The van der Waals surface area contributed by atoms with Crippen molar-refractivity contribution >= 4 is 39.3 Å². The van der Waals surface area contributed by atoms with Gasteiger partial charge in [0.25, 0.3) is 0 Å². The number of hydrogen-bond acceptors (Lipinski definition) is 7. The first-order chi connectivity index (χ1) is 13.6. The molecule has 8 heteroatoms. The molecular weight excluding hydrogens is 378 g/mol. The number of carboxylic acids is 1. The van der Waals surface area contributed by atoms with E-state index in [-0.39, 0.29) is 12.4 Å². The zero-order valence-corrected chi connectivity index (χ0v) is 17.2. The highest BCUT2D eigenvalue weighted by Crippen LogP contribution is 2.29. The van der Waals surface area contributed by atoms with Gasteiger partial charge in [0.2, 0.25) is 0 Å². The van der Waals surface area contributed by atoms with E-state index in [1.807, 2.05) is 0 Å². The fourth-order valence-electron chi connectivity index (χ4n) is 3.04. The third kappa shape index (κ3) is 7.07. The number of carbonyl (C=O) groups excluding carboxylic acids is 1. The van der Waals surface area contributed by atoms with Crippen molar-refractivity contribution in [3.8, 4) is 0 Å². The molecule has 0 aliphatic heterocycles. The first kappa shape index (κ1) is 22.1. The van der Waals surface area contributed by atoms with Gasteiger partial charge in [-0.1, -0.05) is 38.5 Å². The van der Waals surface area contributed by atoms with E-state index in [1.54, 1.807) is 12.3 Å². The van der Waals surface area contributed by atoms with Crippen LogP contribution in [0, 0.1) is 0 Å². The van der Waals surface area contributed by atoms with E-state index in [2.05, 4.69) is 15.3 Å². The quantitative estimate of drug-likeness (QED) is 0.340. The first-order valence-corrected chi connectivity index (χ1v) is 10.9. The lowest BCUT2D eigenvalue weighted by molar-refractivity contribution is -0.137. The zero-order chi connectivity index (χ0) is 20.2. The Hall–Kier alpha value is -2.22. The fraction of sp³-hybridized carbons (Fsp3) is 0.600. The normalized spacial score (nSPS) is 10.9. The summed E-state index contributed by atoms with van der Waals surface area (Å²) in [5.74, 6) is -0.354. The van der Waals surface area contributed by atoms with Gasteiger partial charge in [0.15, 0.2) is 0 Å². The number of nitrogens with zero attached hydrogens (tertiary/aromatic N) is 2. The van der Waals surface area contributed by atoms with Crippen LogP contribution in [-0.4, -0.2) is 40.2 Å². The maximum absolute atomic E-state index is 12.1. The molecule has 0 radical (unpaired) electrons. The fourth-order valence-corrected chi connectivity index (χ4v) is 3.91. The Balaban J connectivity index is 1.68. The van der Waals surface area contributed by atoms with Crippen molar-refractivity contribution in [2.75, 3.05) is 18.5 Å². The number of aromatic nitrogens is 2. The van der Waals surface area contributed by atoms with Crippen molar-refractivity contribution in [2.24, 2.45) is 0 Å². The van der Waals surface area contributed by atoms with Crippen LogP contribution in [0.1, 0.15) is 75.1 Å². The van der Waals surface area contributed by atoms with Crippen LogP contribution in [0.5, 0.6) is 0 Å². The van der Waals surface area contributed by atoms with E-state index in [9.17, 15) is 9.59 Å². The Morgan fingerprint density at radius 3 is 2.43 bits per heavy atom. The predicted octanol–water partition coefficient (Wildman–Crippen LogP) is 4.88. The van der Waals surface area contributed by atoms with E-state index < -0.39 is 5.97 Å². The molecule has 2 aromatic heterocycles. The summed E-state index contributed by atoms with van der Waals surface area (Å²) >= 11 is 1.42. The van der Waals surface area contributed by atoms with Crippen LogP contribution in [0.3, 0.4) is 0 Å². The third-order valence-electron chi connectivity index (χ3n) is 4.48. The van der Waals surface area contributed by atoms with Gasteiger partial charge in [-0.15, -0.1) is 11.3 Å². The molecule has 154 valence electrons. The summed E-state index contributed by atoms with van der Waals surface area (Å²) < 4.78 is 5.12. The van der Waals surface area contributed by atoms with Crippen molar-refractivity contribution in [3.63, 3.8) is 0 Å². The molecule has 0 bridgehead atoms. The van der Waals surface area contributed by atoms with Crippen LogP contribution < -0.4 is 5.32 Å². The smallest absolute Gasteiger partial charge is 0.339 e. The molecule has 0 fully saturated rings. The second-order valence-corrected chi connectivity index (χ2v) is 7.53. The number of thiophene rings is 1. The molecule has 7 nitrogen and oxygen atoms in total. The summed E-state index contributed by atoms with van der Waals surface area (Å²) in [5.41, 5.74) is 0.521. The third-order valence-corrected chi connectivity index (χ3v) is 5.36. The molecule has 2 rings (SSSR count). The molecule has 2 N–H and O–H groups in total. The number of carboxylic acid groups (broad SMARTS) is 1. The van der Waals surface area contributed by atoms with E-state index in [1.165, 1.54) is 30.5 Å². The van der Waals surface area contributed by atoms with Crippen molar-refractivity contribution in [3.05, 3.63) is 17.3 Å². The van der Waals surface area contributed by atoms with Gasteiger partial charge in [-0.05, 0) is 19.8 Å². The molecule has 0 amide bonds. The van der Waals surface area contributed by atoms with Crippen molar-refractivity contribution in [1.29, 1.82) is 0 Å². The molecule has 0 unspecified atom stereocenters. The summed E-state index contributed by atoms with van der Waals surface area (Å²) in [4.78, 5) is 31.9. The highest BCUT2D eigenvalue weighted by Gasteiger charge is 2.17. The van der Waals surface area contributed by atoms with Gasteiger partial charge >= 0.3 is 11.9 Å². The number of rotatable bonds is 14. The Labute approximate surface area is 169 Å². The van der Waals surface area contributed by atoms with Crippen molar-refractivity contribution in [2.45, 2.75) is 64.7 Å². The lowest BCUT2D eigenvalue weighted by Crippen LogP contribution is -2.07. The van der Waals surface area contributed by atoms with Gasteiger partial charge < -0.3 is 15.2 Å². The highest BCUT2D eigenvalue weighted by molar-refractivity contribution is 7.17. The zero-order valence-electron chi connectivity index (χ0n) is 16.4. The molecule has 0 aromatic carbocycles. The molecule has 0 saturated carbocycles. The number of ether oxygens (including phenoxy) is 1. The number of nitrogens with one attached hydrogen (secondary N) is 1. The summed E-state index contributed by atoms with van der Waals surface area (Å²) in [6.07, 6.45) is 10.4. The summed E-state index contributed by atoms with van der Waals surface area (Å²) in [5, 5.41) is 14.4. The average molecular weight is 408 g/mol. The summed E-state index contributed by atoms with van der Waals surface area (Å²) in [7, 11) is 0. The SMILES string of the molecule is CCOC(=O)c1csc2ncnc(NCCCCCCCCCCC(=O)O)c12. The van der Waals surface area contributed by atoms with Crippen molar-refractivity contribution < 1.29 is 19.4 Å². The minimum Gasteiger partial charge on any atom is -0.481 e. The van der Waals surface area contributed by atoms with Crippen LogP contribution in [-0.2, 0) is 9.53 Å². The molecule has 0 aliphatic rings. The Morgan fingerprint density at radius 2 is 1.75 bits per heavy atom. The molecule has 2 heterocycles. The Kier molecular flexibility index (Phi) is 9.68. The number of unbranched alkanes of at least 4 members (excludes halogenated alkanes) is 7. The van der Waals surface area contributed by atoms with Crippen molar-refractivity contribution in [1.82, 2.24) is 9.97 Å². The van der Waals surface area contributed by atoms with Gasteiger partial charge in [0, 0.05) is 18.3 Å². The van der Waals surface area contributed by atoms with E-state index in [0.717, 1.165) is 55.3 Å². The summed E-state index contributed by atoms with van der Waals surface area (Å²) in [6, 6.07) is 0. The molecular formula is C20H29N3O4S. The minimum absolute atomic E-state index is 0.282. The van der Waals surface area contributed by atoms with Crippen LogP contribution in [0.4, 0.5) is 5.82 Å². The Bertz CT molecular complexity index is 763. The van der Waals surface area contributed by atoms with Crippen LogP contribution in [0.25, 0.3) is 10.2 Å². The van der Waals surface area contributed by atoms with Gasteiger partial charge in [-0.3, -0.25) is 4.79 Å². The molecule has 0 spiro atoms. The van der Waals surface area contributed by atoms with E-state index in [4.69, 9.17) is 9.84 Å². The van der Waals surface area contributed by atoms with Gasteiger partial charge in [-0.2, -0.15) is 0 Å². The topological polar surface area (TPSA) is 101 Å². The van der Waals surface area contributed by atoms with Gasteiger partial charge in [0.05, 0.1) is 17.6 Å². The number of aliphatic carboxylic acids is 1. The van der Waals surface area contributed by atoms with Crippen LogP contribution in [0.2, 0.25) is 0 Å². The number of esters is 1. The number of carbonyl (C=O) groups is 2. The summed E-state index contributed by atoms with van der Waals surface area (Å²) in [6.45, 7) is 2.92. The number of anilines is 1. The standard InChI is InChI=1S/C20H29N3O4S/c1-2-27-20(26)15-13-28-19-17(15)18(22-14-23-19)21-12-10-8-6-4-3-5-7-9-11-16(24)25/h13-14H,2-12H2,1H3,(H,24,25)(H,21,22,23). The average Bonchev–Trinajstić information content (AvgIpc) is 3.11. The van der Waals surface area contributed by atoms with Gasteiger partial charge in [-0.25, -0.2) is 14.8 Å². The molecule has 2 aromatic rings. The lowest BCUT2D eigenvalue weighted by Gasteiger charge is -2.08.